The summed E-state index contributed by atoms with van der Waals surface area (Å²) >= 11 is 0. The summed E-state index contributed by atoms with van der Waals surface area (Å²) in [5, 5.41) is 4.01. The number of anilines is 1. The summed E-state index contributed by atoms with van der Waals surface area (Å²) in [5.41, 5.74) is 10.2. The first-order valence-electron chi connectivity index (χ1n) is 6.56. The van der Waals surface area contributed by atoms with E-state index in [1.54, 1.807) is 13.2 Å². The van der Waals surface area contributed by atoms with Crippen molar-refractivity contribution >= 4 is 11.6 Å². The molecule has 1 aromatic carbocycles. The van der Waals surface area contributed by atoms with Crippen molar-refractivity contribution in [1.29, 1.82) is 0 Å². The number of nitrogen functional groups attached to an aromatic ring is 1. The summed E-state index contributed by atoms with van der Waals surface area (Å²) in [6.07, 6.45) is 5.46. The number of nitrogens with zero attached hydrogens (tertiary/aromatic N) is 2. The minimum absolute atomic E-state index is 0.0311. The van der Waals surface area contributed by atoms with Gasteiger partial charge in [-0.25, -0.2) is 0 Å². The van der Waals surface area contributed by atoms with Gasteiger partial charge in [-0.3, -0.25) is 9.48 Å². The second kappa shape index (κ2) is 4.53. The topological polar surface area (TPSA) is 60.9 Å². The van der Waals surface area contributed by atoms with Crippen LogP contribution in [0.25, 0.3) is 0 Å². The van der Waals surface area contributed by atoms with Crippen LogP contribution in [0.1, 0.15) is 33.5 Å². The van der Waals surface area contributed by atoms with Gasteiger partial charge in [0, 0.05) is 13.5 Å². The molecule has 0 saturated heterocycles. The van der Waals surface area contributed by atoms with Crippen molar-refractivity contribution in [1.82, 2.24) is 9.78 Å². The third kappa shape index (κ3) is 2.14. The average Bonchev–Trinajstić information content (AvgIpc) is 2.97. The van der Waals surface area contributed by atoms with Crippen molar-refractivity contribution < 1.29 is 4.79 Å². The van der Waals surface area contributed by atoms with Gasteiger partial charge in [0.25, 0.3) is 0 Å². The summed E-state index contributed by atoms with van der Waals surface area (Å²) in [6.45, 7) is 0. The summed E-state index contributed by atoms with van der Waals surface area (Å²) in [4.78, 5) is 12.2. The highest BCUT2D eigenvalue weighted by Crippen LogP contribution is 2.23. The number of benzene rings is 1. The molecule has 0 bridgehead atoms. The van der Waals surface area contributed by atoms with Crippen LogP contribution in [0.15, 0.2) is 24.4 Å². The molecule has 0 radical (unpaired) electrons. The lowest BCUT2D eigenvalue weighted by Gasteiger charge is -2.04. The molecule has 1 aliphatic carbocycles. The Hall–Kier alpha value is -2.10. The van der Waals surface area contributed by atoms with Crippen LogP contribution in [0, 0.1) is 0 Å². The molecule has 0 unspecified atom stereocenters. The molecule has 0 fully saturated rings. The van der Waals surface area contributed by atoms with E-state index in [1.165, 1.54) is 28.7 Å². The van der Waals surface area contributed by atoms with Crippen LogP contribution in [-0.4, -0.2) is 15.6 Å². The number of hydrogen-bond donors (Lipinski definition) is 1. The molecule has 1 aliphatic rings. The third-order valence-corrected chi connectivity index (χ3v) is 3.81. The fourth-order valence-electron chi connectivity index (χ4n) is 2.68. The summed E-state index contributed by atoms with van der Waals surface area (Å²) < 4.78 is 1.52. The van der Waals surface area contributed by atoms with Crippen molar-refractivity contribution in [2.75, 3.05) is 5.73 Å². The van der Waals surface area contributed by atoms with Crippen LogP contribution in [0.3, 0.4) is 0 Å². The Bertz CT molecular complexity index is 643. The Morgan fingerprint density at radius 2 is 2.16 bits per heavy atom. The maximum Gasteiger partial charge on any atom is 0.172 e. The molecule has 4 heteroatoms. The van der Waals surface area contributed by atoms with E-state index in [0.717, 1.165) is 12.0 Å². The molecule has 3 rings (SSSR count). The number of carbonyl (C=O) groups is 1. The van der Waals surface area contributed by atoms with Crippen molar-refractivity contribution in [2.45, 2.75) is 25.7 Å². The first-order valence-corrected chi connectivity index (χ1v) is 6.56. The molecule has 0 saturated carbocycles. The van der Waals surface area contributed by atoms with E-state index in [1.807, 2.05) is 0 Å². The van der Waals surface area contributed by atoms with Gasteiger partial charge in [-0.2, -0.15) is 5.10 Å². The second-order valence-electron chi connectivity index (χ2n) is 5.12. The minimum Gasteiger partial charge on any atom is -0.383 e. The Morgan fingerprint density at radius 3 is 2.89 bits per heavy atom. The molecule has 19 heavy (non-hydrogen) atoms. The van der Waals surface area contributed by atoms with Crippen molar-refractivity contribution in [3.8, 4) is 0 Å². The zero-order valence-electron chi connectivity index (χ0n) is 11.0. The molecule has 1 heterocycles. The van der Waals surface area contributed by atoms with E-state index in [0.29, 0.717) is 17.8 Å². The maximum absolute atomic E-state index is 12.2. The number of Topliss-reactive ketones (excluding diaryl/α,β-unsaturated/α-hetero) is 1. The number of rotatable bonds is 3. The Kier molecular flexibility index (Phi) is 2.85. The van der Waals surface area contributed by atoms with Gasteiger partial charge in [-0.1, -0.05) is 18.2 Å². The fraction of sp³-hybridized carbons (Fsp3) is 0.333. The summed E-state index contributed by atoms with van der Waals surface area (Å²) in [6, 6.07) is 6.36. The van der Waals surface area contributed by atoms with Gasteiger partial charge in [0.2, 0.25) is 0 Å². The number of aryl methyl sites for hydroxylation is 3. The molecular weight excluding hydrogens is 238 g/mol. The third-order valence-electron chi connectivity index (χ3n) is 3.81. The van der Waals surface area contributed by atoms with Crippen LogP contribution in [-0.2, 0) is 26.3 Å². The molecule has 0 amide bonds. The SMILES string of the molecule is Cn1ncc(C(=O)Cc2ccc3c(c2)CCC3)c1N. The van der Waals surface area contributed by atoms with Crippen molar-refractivity contribution in [2.24, 2.45) is 7.05 Å². The van der Waals surface area contributed by atoms with E-state index in [9.17, 15) is 4.79 Å². The highest BCUT2D eigenvalue weighted by molar-refractivity contribution is 6.01. The lowest BCUT2D eigenvalue weighted by Crippen LogP contribution is -2.07. The Balaban J connectivity index is 1.82. The number of hydrogen-bond acceptors (Lipinski definition) is 3. The molecule has 4 nitrogen and oxygen atoms in total. The molecule has 2 aromatic rings. The standard InChI is InChI=1S/C15H17N3O/c1-18-15(16)13(9-17-18)14(19)8-10-5-6-11-3-2-4-12(11)7-10/h5-7,9H,2-4,8,16H2,1H3. The van der Waals surface area contributed by atoms with Gasteiger partial charge in [0.1, 0.15) is 5.82 Å². The van der Waals surface area contributed by atoms with Gasteiger partial charge in [-0.15, -0.1) is 0 Å². The highest BCUT2D eigenvalue weighted by atomic mass is 16.1. The quantitative estimate of drug-likeness (QED) is 0.852. The fourth-order valence-corrected chi connectivity index (χ4v) is 2.68. The van der Waals surface area contributed by atoms with Gasteiger partial charge < -0.3 is 5.73 Å². The lowest BCUT2D eigenvalue weighted by atomic mass is 10.0. The van der Waals surface area contributed by atoms with E-state index < -0.39 is 0 Å². The highest BCUT2D eigenvalue weighted by Gasteiger charge is 2.16. The number of fused-ring (bicyclic) bond motifs is 1. The van der Waals surface area contributed by atoms with Crippen LogP contribution in [0.4, 0.5) is 5.82 Å². The smallest absolute Gasteiger partial charge is 0.172 e. The summed E-state index contributed by atoms with van der Waals surface area (Å²) in [7, 11) is 1.74. The molecule has 1 aromatic heterocycles. The predicted molar refractivity (Wildman–Crippen MR) is 74.1 cm³/mol. The number of ketones is 1. The first-order chi connectivity index (χ1) is 9.15. The van der Waals surface area contributed by atoms with Crippen molar-refractivity contribution in [3.63, 3.8) is 0 Å². The maximum atomic E-state index is 12.2. The van der Waals surface area contributed by atoms with Crippen molar-refractivity contribution in [3.05, 3.63) is 46.6 Å². The average molecular weight is 255 g/mol. The van der Waals surface area contributed by atoms with E-state index in [-0.39, 0.29) is 5.78 Å². The van der Waals surface area contributed by atoms with Gasteiger partial charge >= 0.3 is 0 Å². The van der Waals surface area contributed by atoms with Crippen LogP contribution in [0.2, 0.25) is 0 Å². The lowest BCUT2D eigenvalue weighted by molar-refractivity contribution is 0.0994. The molecule has 0 atom stereocenters. The molecule has 0 spiro atoms. The van der Waals surface area contributed by atoms with Gasteiger partial charge in [0.15, 0.2) is 5.78 Å². The zero-order chi connectivity index (χ0) is 13.4. The van der Waals surface area contributed by atoms with E-state index in [2.05, 4.69) is 23.3 Å². The van der Waals surface area contributed by atoms with Crippen LogP contribution in [0.5, 0.6) is 0 Å². The molecular formula is C15H17N3O. The van der Waals surface area contributed by atoms with Crippen LogP contribution >= 0.6 is 0 Å². The predicted octanol–water partition coefficient (Wildman–Crippen LogP) is 1.92. The molecule has 98 valence electrons. The van der Waals surface area contributed by atoms with Gasteiger partial charge in [0.05, 0.1) is 11.8 Å². The normalized spacial score (nSPS) is 13.5. The monoisotopic (exact) mass is 255 g/mol. The van der Waals surface area contributed by atoms with E-state index in [4.69, 9.17) is 5.73 Å². The summed E-state index contributed by atoms with van der Waals surface area (Å²) in [5.74, 6) is 0.467. The van der Waals surface area contributed by atoms with Gasteiger partial charge in [-0.05, 0) is 36.0 Å². The largest absolute Gasteiger partial charge is 0.383 e. The number of nitrogens with two attached hydrogens (primary N) is 1. The minimum atomic E-state index is 0.0311. The molecule has 2 N–H and O–H groups in total. The number of carbonyl (C=O) groups excluding carboxylic acids is 1. The zero-order valence-corrected chi connectivity index (χ0v) is 11.0. The first kappa shape index (κ1) is 12.0. The Labute approximate surface area is 112 Å². The van der Waals surface area contributed by atoms with Crippen LogP contribution < -0.4 is 5.73 Å². The number of aromatic nitrogens is 2. The Morgan fingerprint density at radius 1 is 1.37 bits per heavy atom. The van der Waals surface area contributed by atoms with E-state index >= 15 is 0 Å². The second-order valence-corrected chi connectivity index (χ2v) is 5.12. The molecule has 0 aliphatic heterocycles.